The fourth-order valence-electron chi connectivity index (χ4n) is 3.24. The third kappa shape index (κ3) is 2.91. The molecule has 0 radical (unpaired) electrons. The standard InChI is InChI=1S/C14H23NO3/c1-11(16)5-6-13(17)15-9-8-14(18)7-3-2-4-12(14)10-15/h12,18H,2-10H2,1H3. The number of hydrogen-bond acceptors (Lipinski definition) is 3. The van der Waals surface area contributed by atoms with Crippen LogP contribution in [0.25, 0.3) is 0 Å². The van der Waals surface area contributed by atoms with Crippen molar-refractivity contribution in [3.05, 3.63) is 0 Å². The van der Waals surface area contributed by atoms with Crippen molar-refractivity contribution in [1.29, 1.82) is 0 Å². The Morgan fingerprint density at radius 1 is 1.28 bits per heavy atom. The Bertz CT molecular complexity index is 342. The van der Waals surface area contributed by atoms with Gasteiger partial charge in [-0.15, -0.1) is 0 Å². The number of carbonyl (C=O) groups is 2. The Balaban J connectivity index is 1.90. The van der Waals surface area contributed by atoms with Crippen molar-refractivity contribution in [2.45, 2.75) is 57.5 Å². The lowest BCUT2D eigenvalue weighted by Crippen LogP contribution is -2.54. The van der Waals surface area contributed by atoms with Gasteiger partial charge in [-0.3, -0.25) is 4.79 Å². The van der Waals surface area contributed by atoms with E-state index < -0.39 is 5.60 Å². The maximum Gasteiger partial charge on any atom is 0.223 e. The number of hydrogen-bond donors (Lipinski definition) is 1. The summed E-state index contributed by atoms with van der Waals surface area (Å²) in [4.78, 5) is 24.7. The monoisotopic (exact) mass is 253 g/mol. The zero-order chi connectivity index (χ0) is 13.2. The molecular formula is C14H23NO3. The summed E-state index contributed by atoms with van der Waals surface area (Å²) in [6.45, 7) is 2.83. The molecule has 2 fully saturated rings. The number of likely N-dealkylation sites (tertiary alicyclic amines) is 1. The molecule has 4 nitrogen and oxygen atoms in total. The molecular weight excluding hydrogens is 230 g/mol. The highest BCUT2D eigenvalue weighted by Gasteiger charge is 2.43. The van der Waals surface area contributed by atoms with Gasteiger partial charge < -0.3 is 14.8 Å². The minimum atomic E-state index is -0.532. The van der Waals surface area contributed by atoms with Crippen molar-refractivity contribution in [1.82, 2.24) is 4.90 Å². The maximum atomic E-state index is 12.0. The van der Waals surface area contributed by atoms with Crippen molar-refractivity contribution in [2.24, 2.45) is 5.92 Å². The smallest absolute Gasteiger partial charge is 0.223 e. The van der Waals surface area contributed by atoms with Crippen LogP contribution in [0.3, 0.4) is 0 Å². The zero-order valence-electron chi connectivity index (χ0n) is 11.2. The minimum Gasteiger partial charge on any atom is -0.389 e. The minimum absolute atomic E-state index is 0.0644. The van der Waals surface area contributed by atoms with E-state index in [2.05, 4.69) is 0 Å². The van der Waals surface area contributed by atoms with Crippen molar-refractivity contribution in [2.75, 3.05) is 13.1 Å². The summed E-state index contributed by atoms with van der Waals surface area (Å²) >= 11 is 0. The van der Waals surface area contributed by atoms with Crippen molar-refractivity contribution < 1.29 is 14.7 Å². The molecule has 0 bridgehead atoms. The SMILES string of the molecule is CC(=O)CCC(=O)N1CCC2(O)CCCCC2C1. The molecule has 0 aromatic heterocycles. The summed E-state index contributed by atoms with van der Waals surface area (Å²) in [6, 6.07) is 0. The summed E-state index contributed by atoms with van der Waals surface area (Å²) in [6.07, 6.45) is 5.52. The number of nitrogens with zero attached hydrogens (tertiary/aromatic N) is 1. The lowest BCUT2D eigenvalue weighted by atomic mass is 9.71. The maximum absolute atomic E-state index is 12.0. The Hall–Kier alpha value is -0.900. The first kappa shape index (κ1) is 13.5. The van der Waals surface area contributed by atoms with Gasteiger partial charge >= 0.3 is 0 Å². The van der Waals surface area contributed by atoms with Gasteiger partial charge in [0, 0.05) is 31.8 Å². The fourth-order valence-corrected chi connectivity index (χ4v) is 3.24. The van der Waals surface area contributed by atoms with E-state index >= 15 is 0 Å². The summed E-state index contributed by atoms with van der Waals surface area (Å²) in [5.41, 5.74) is -0.532. The lowest BCUT2D eigenvalue weighted by Gasteiger charge is -2.47. The van der Waals surface area contributed by atoms with Gasteiger partial charge in [-0.05, 0) is 26.2 Å². The summed E-state index contributed by atoms with van der Waals surface area (Å²) in [5, 5.41) is 10.5. The molecule has 18 heavy (non-hydrogen) atoms. The number of Topliss-reactive ketones (excluding diaryl/α,β-unsaturated/α-hetero) is 1. The molecule has 1 aliphatic carbocycles. The Labute approximate surface area is 108 Å². The first-order valence-corrected chi connectivity index (χ1v) is 7.01. The highest BCUT2D eigenvalue weighted by atomic mass is 16.3. The normalized spacial score (nSPS) is 31.9. The van der Waals surface area contributed by atoms with Crippen LogP contribution in [0.15, 0.2) is 0 Å². The molecule has 2 atom stereocenters. The molecule has 1 amide bonds. The molecule has 0 spiro atoms. The molecule has 0 aromatic carbocycles. The third-order valence-corrected chi connectivity index (χ3v) is 4.47. The fraction of sp³-hybridized carbons (Fsp3) is 0.857. The molecule has 2 aliphatic rings. The molecule has 1 saturated carbocycles. The van der Waals surface area contributed by atoms with E-state index in [1.54, 1.807) is 0 Å². The molecule has 1 saturated heterocycles. The van der Waals surface area contributed by atoms with Crippen LogP contribution in [0, 0.1) is 5.92 Å². The van der Waals surface area contributed by atoms with Crippen LogP contribution in [0.5, 0.6) is 0 Å². The third-order valence-electron chi connectivity index (χ3n) is 4.47. The van der Waals surface area contributed by atoms with Crippen LogP contribution in [0.4, 0.5) is 0 Å². The van der Waals surface area contributed by atoms with Crippen molar-refractivity contribution >= 4 is 11.7 Å². The van der Waals surface area contributed by atoms with E-state index in [0.717, 1.165) is 25.7 Å². The largest absolute Gasteiger partial charge is 0.389 e. The highest BCUT2D eigenvalue weighted by Crippen LogP contribution is 2.39. The summed E-state index contributed by atoms with van der Waals surface area (Å²) in [5.74, 6) is 0.369. The molecule has 1 N–H and O–H groups in total. The van der Waals surface area contributed by atoms with E-state index in [1.807, 2.05) is 4.90 Å². The van der Waals surface area contributed by atoms with E-state index in [0.29, 0.717) is 32.4 Å². The number of carbonyl (C=O) groups excluding carboxylic acids is 2. The average Bonchev–Trinajstić information content (AvgIpc) is 2.34. The predicted molar refractivity (Wildman–Crippen MR) is 68.0 cm³/mol. The van der Waals surface area contributed by atoms with Crippen LogP contribution >= 0.6 is 0 Å². The molecule has 102 valence electrons. The van der Waals surface area contributed by atoms with Gasteiger partial charge in [0.1, 0.15) is 5.78 Å². The van der Waals surface area contributed by atoms with Crippen LogP contribution in [0.2, 0.25) is 0 Å². The number of rotatable bonds is 3. The van der Waals surface area contributed by atoms with Crippen LogP contribution in [0.1, 0.15) is 51.9 Å². The average molecular weight is 253 g/mol. The van der Waals surface area contributed by atoms with Crippen molar-refractivity contribution in [3.63, 3.8) is 0 Å². The van der Waals surface area contributed by atoms with Gasteiger partial charge in [0.25, 0.3) is 0 Å². The number of piperidine rings is 1. The Kier molecular flexibility index (Phi) is 4.05. The molecule has 1 heterocycles. The molecule has 2 rings (SSSR count). The molecule has 2 unspecified atom stereocenters. The molecule has 4 heteroatoms. The van der Waals surface area contributed by atoms with Gasteiger partial charge in [0.15, 0.2) is 0 Å². The summed E-state index contributed by atoms with van der Waals surface area (Å²) < 4.78 is 0. The lowest BCUT2D eigenvalue weighted by molar-refractivity contribution is -0.144. The van der Waals surface area contributed by atoms with Gasteiger partial charge in [-0.1, -0.05) is 12.8 Å². The second-order valence-electron chi connectivity index (χ2n) is 5.84. The predicted octanol–water partition coefficient (Wildman–Crippen LogP) is 1.51. The summed E-state index contributed by atoms with van der Waals surface area (Å²) in [7, 11) is 0. The molecule has 1 aliphatic heterocycles. The first-order valence-electron chi connectivity index (χ1n) is 7.01. The Morgan fingerprint density at radius 3 is 2.78 bits per heavy atom. The number of amides is 1. The van der Waals surface area contributed by atoms with E-state index in [4.69, 9.17) is 0 Å². The van der Waals surface area contributed by atoms with Crippen LogP contribution in [-0.2, 0) is 9.59 Å². The van der Waals surface area contributed by atoms with Gasteiger partial charge in [0.05, 0.1) is 5.60 Å². The number of aliphatic hydroxyl groups is 1. The van der Waals surface area contributed by atoms with Crippen LogP contribution < -0.4 is 0 Å². The second-order valence-corrected chi connectivity index (χ2v) is 5.84. The van der Waals surface area contributed by atoms with Gasteiger partial charge in [-0.25, -0.2) is 0 Å². The first-order chi connectivity index (χ1) is 8.51. The van der Waals surface area contributed by atoms with E-state index in [-0.39, 0.29) is 17.6 Å². The number of ketones is 1. The molecule has 0 aromatic rings. The topological polar surface area (TPSA) is 57.6 Å². The van der Waals surface area contributed by atoms with Gasteiger partial charge in [0.2, 0.25) is 5.91 Å². The zero-order valence-corrected chi connectivity index (χ0v) is 11.2. The van der Waals surface area contributed by atoms with Crippen molar-refractivity contribution in [3.8, 4) is 0 Å². The van der Waals surface area contributed by atoms with E-state index in [9.17, 15) is 14.7 Å². The van der Waals surface area contributed by atoms with E-state index in [1.165, 1.54) is 6.92 Å². The Morgan fingerprint density at radius 2 is 2.06 bits per heavy atom. The van der Waals surface area contributed by atoms with Crippen LogP contribution in [-0.4, -0.2) is 40.4 Å². The number of fused-ring (bicyclic) bond motifs is 1. The highest BCUT2D eigenvalue weighted by molar-refractivity contribution is 5.83. The quantitative estimate of drug-likeness (QED) is 0.829. The second kappa shape index (κ2) is 5.39. The van der Waals surface area contributed by atoms with Gasteiger partial charge in [-0.2, -0.15) is 0 Å².